The van der Waals surface area contributed by atoms with Crippen molar-refractivity contribution in [3.8, 4) is 11.8 Å². The quantitative estimate of drug-likeness (QED) is 0.702. The molecule has 0 aliphatic heterocycles. The van der Waals surface area contributed by atoms with Crippen LogP contribution >= 0.6 is 11.8 Å². The number of rotatable bonds is 1. The van der Waals surface area contributed by atoms with Crippen LogP contribution in [0.5, 0.6) is 0 Å². The summed E-state index contributed by atoms with van der Waals surface area (Å²) >= 11 is 1.08. The fourth-order valence-corrected chi connectivity index (χ4v) is 1.40. The van der Waals surface area contributed by atoms with Gasteiger partial charge in [0.25, 0.3) is 0 Å². The summed E-state index contributed by atoms with van der Waals surface area (Å²) in [5.74, 6) is 4.04. The molecule has 0 bridgehead atoms. The van der Waals surface area contributed by atoms with E-state index in [-0.39, 0.29) is 10.7 Å². The molecular formula is C12H10F2OS. The van der Waals surface area contributed by atoms with Crippen LogP contribution in [0.2, 0.25) is 0 Å². The number of hydrogen-bond donors (Lipinski definition) is 0. The normalized spacial score (nSPS) is 9.50. The van der Waals surface area contributed by atoms with Crippen molar-refractivity contribution in [2.75, 3.05) is 5.75 Å². The van der Waals surface area contributed by atoms with Crippen LogP contribution in [0, 0.1) is 30.4 Å². The van der Waals surface area contributed by atoms with Crippen molar-refractivity contribution >= 4 is 16.9 Å². The van der Waals surface area contributed by atoms with Crippen molar-refractivity contribution in [1.82, 2.24) is 0 Å². The van der Waals surface area contributed by atoms with E-state index in [4.69, 9.17) is 0 Å². The third-order valence-electron chi connectivity index (χ3n) is 1.91. The zero-order valence-corrected chi connectivity index (χ0v) is 9.75. The first-order valence-electron chi connectivity index (χ1n) is 4.59. The molecule has 1 aromatic carbocycles. The second-order valence-electron chi connectivity index (χ2n) is 3.12. The molecule has 0 N–H and O–H groups in total. The van der Waals surface area contributed by atoms with Crippen molar-refractivity contribution in [3.05, 3.63) is 34.9 Å². The molecule has 0 heterocycles. The van der Waals surface area contributed by atoms with Gasteiger partial charge in [-0.3, -0.25) is 4.79 Å². The zero-order chi connectivity index (χ0) is 12.1. The molecule has 16 heavy (non-hydrogen) atoms. The minimum absolute atomic E-state index is 0.0173. The Balaban J connectivity index is 2.82. The maximum atomic E-state index is 13.1. The van der Waals surface area contributed by atoms with E-state index in [1.54, 1.807) is 0 Å². The molecule has 0 unspecified atom stereocenters. The Bertz CT molecular complexity index is 472. The second-order valence-corrected chi connectivity index (χ2v) is 4.27. The molecule has 0 amide bonds. The van der Waals surface area contributed by atoms with Gasteiger partial charge in [0.15, 0.2) is 16.7 Å². The van der Waals surface area contributed by atoms with Crippen molar-refractivity contribution in [2.45, 2.75) is 13.8 Å². The predicted molar refractivity (Wildman–Crippen MR) is 61.1 cm³/mol. The maximum Gasteiger partial charge on any atom is 0.186 e. The lowest BCUT2D eigenvalue weighted by atomic mass is 10.1. The number of carbonyl (C=O) groups excluding carboxylic acids is 1. The minimum Gasteiger partial charge on any atom is -0.288 e. The smallest absolute Gasteiger partial charge is 0.186 e. The summed E-state index contributed by atoms with van der Waals surface area (Å²) in [6, 6.07) is 2.48. The molecule has 0 spiro atoms. The first-order chi connectivity index (χ1) is 7.52. The van der Waals surface area contributed by atoms with Gasteiger partial charge in [0.05, 0.1) is 5.75 Å². The summed E-state index contributed by atoms with van der Waals surface area (Å²) in [6.45, 7) is 2.93. The summed E-state index contributed by atoms with van der Waals surface area (Å²) in [4.78, 5) is 10.6. The Morgan fingerprint density at radius 1 is 1.44 bits per heavy atom. The van der Waals surface area contributed by atoms with Gasteiger partial charge in [-0.2, -0.15) is 0 Å². The van der Waals surface area contributed by atoms with Gasteiger partial charge in [0.2, 0.25) is 0 Å². The lowest BCUT2D eigenvalue weighted by molar-refractivity contribution is -0.109. The number of carbonyl (C=O) groups is 1. The molecule has 0 aliphatic rings. The molecule has 1 nitrogen and oxygen atoms in total. The van der Waals surface area contributed by atoms with E-state index < -0.39 is 11.6 Å². The van der Waals surface area contributed by atoms with Gasteiger partial charge in [-0.05, 0) is 19.1 Å². The van der Waals surface area contributed by atoms with Crippen molar-refractivity contribution in [3.63, 3.8) is 0 Å². The van der Waals surface area contributed by atoms with Gasteiger partial charge in [0.1, 0.15) is 0 Å². The van der Waals surface area contributed by atoms with Gasteiger partial charge in [-0.1, -0.05) is 23.6 Å². The maximum absolute atomic E-state index is 13.1. The van der Waals surface area contributed by atoms with Crippen molar-refractivity contribution < 1.29 is 13.6 Å². The Kier molecular flexibility index (Phi) is 4.51. The molecule has 0 fully saturated rings. The highest BCUT2D eigenvalue weighted by Gasteiger charge is 2.07. The Labute approximate surface area is 97.2 Å². The first kappa shape index (κ1) is 12.7. The van der Waals surface area contributed by atoms with E-state index in [1.807, 2.05) is 0 Å². The van der Waals surface area contributed by atoms with Crippen LogP contribution in [0.4, 0.5) is 8.78 Å². The van der Waals surface area contributed by atoms with Crippen LogP contribution < -0.4 is 0 Å². The van der Waals surface area contributed by atoms with E-state index in [0.29, 0.717) is 11.3 Å². The fraction of sp³-hybridized carbons (Fsp3) is 0.250. The third kappa shape index (κ3) is 3.35. The van der Waals surface area contributed by atoms with E-state index >= 15 is 0 Å². The fourth-order valence-electron chi connectivity index (χ4n) is 1.06. The van der Waals surface area contributed by atoms with Crippen LogP contribution in [0.25, 0.3) is 0 Å². The average Bonchev–Trinajstić information content (AvgIpc) is 2.23. The summed E-state index contributed by atoms with van der Waals surface area (Å²) in [5, 5.41) is -0.0173. The second kappa shape index (κ2) is 5.66. The van der Waals surface area contributed by atoms with Crippen LogP contribution in [0.15, 0.2) is 12.1 Å². The van der Waals surface area contributed by atoms with E-state index in [2.05, 4.69) is 11.8 Å². The summed E-state index contributed by atoms with van der Waals surface area (Å²) < 4.78 is 25.9. The molecule has 0 aromatic heterocycles. The van der Waals surface area contributed by atoms with Crippen LogP contribution in [-0.4, -0.2) is 10.9 Å². The van der Waals surface area contributed by atoms with Gasteiger partial charge >= 0.3 is 0 Å². The average molecular weight is 240 g/mol. The van der Waals surface area contributed by atoms with Crippen molar-refractivity contribution in [2.24, 2.45) is 0 Å². The standard InChI is InChI=1S/C12H10F2OS/c1-8-10(4-3-7-16-9(2)15)5-6-11(13)12(8)14/h5-6H,7H2,1-2H3. The highest BCUT2D eigenvalue weighted by atomic mass is 32.2. The molecule has 0 radical (unpaired) electrons. The Morgan fingerprint density at radius 3 is 2.75 bits per heavy atom. The summed E-state index contributed by atoms with van der Waals surface area (Å²) in [7, 11) is 0. The highest BCUT2D eigenvalue weighted by Crippen LogP contribution is 2.14. The predicted octanol–water partition coefficient (Wildman–Crippen LogP) is 2.90. The molecule has 0 aliphatic carbocycles. The molecule has 84 valence electrons. The van der Waals surface area contributed by atoms with E-state index in [1.165, 1.54) is 19.9 Å². The van der Waals surface area contributed by atoms with Gasteiger partial charge in [-0.15, -0.1) is 0 Å². The van der Waals surface area contributed by atoms with Gasteiger partial charge in [0, 0.05) is 18.1 Å². The van der Waals surface area contributed by atoms with Crippen LogP contribution in [-0.2, 0) is 4.79 Å². The van der Waals surface area contributed by atoms with E-state index in [9.17, 15) is 13.6 Å². The Morgan fingerprint density at radius 2 is 2.12 bits per heavy atom. The number of hydrogen-bond acceptors (Lipinski definition) is 2. The molecule has 1 aromatic rings. The van der Waals surface area contributed by atoms with Gasteiger partial charge < -0.3 is 0 Å². The third-order valence-corrected chi connectivity index (χ3v) is 2.61. The first-order valence-corrected chi connectivity index (χ1v) is 5.57. The molecule has 4 heteroatoms. The summed E-state index contributed by atoms with van der Waals surface area (Å²) in [6.07, 6.45) is 0. The number of halogens is 2. The van der Waals surface area contributed by atoms with Crippen molar-refractivity contribution in [1.29, 1.82) is 0 Å². The molecule has 0 atom stereocenters. The lowest BCUT2D eigenvalue weighted by Crippen LogP contribution is -1.92. The SMILES string of the molecule is CC(=O)SCC#Cc1ccc(F)c(F)c1C. The highest BCUT2D eigenvalue weighted by molar-refractivity contribution is 8.13. The Hall–Kier alpha value is -1.34. The monoisotopic (exact) mass is 240 g/mol. The molecule has 1 rings (SSSR count). The number of benzene rings is 1. The van der Waals surface area contributed by atoms with E-state index in [0.717, 1.165) is 17.8 Å². The molecular weight excluding hydrogens is 230 g/mol. The minimum atomic E-state index is -0.874. The van der Waals surface area contributed by atoms with Crippen LogP contribution in [0.1, 0.15) is 18.1 Å². The topological polar surface area (TPSA) is 17.1 Å². The zero-order valence-electron chi connectivity index (χ0n) is 8.93. The van der Waals surface area contributed by atoms with Crippen LogP contribution in [0.3, 0.4) is 0 Å². The largest absolute Gasteiger partial charge is 0.288 e. The molecule has 0 saturated heterocycles. The molecule has 0 saturated carbocycles. The van der Waals surface area contributed by atoms with Gasteiger partial charge in [-0.25, -0.2) is 8.78 Å². The summed E-state index contributed by atoms with van der Waals surface area (Å²) in [5.41, 5.74) is 0.642. The number of thioether (sulfide) groups is 1. The lowest BCUT2D eigenvalue weighted by Gasteiger charge is -2.00.